The standard InChI is InChI=1S/C12H17ClFNO/c1-3-15-12(8-16-4-2)10-6-5-9(14)7-11(10)13/h5-7,12,15H,3-4,8H2,1-2H3. The number of likely N-dealkylation sites (N-methyl/N-ethyl adjacent to an activating group) is 1. The highest BCUT2D eigenvalue weighted by molar-refractivity contribution is 6.31. The van der Waals surface area contributed by atoms with Gasteiger partial charge < -0.3 is 10.1 Å². The predicted molar refractivity (Wildman–Crippen MR) is 64.3 cm³/mol. The second-order valence-corrected chi connectivity index (χ2v) is 3.84. The fourth-order valence-electron chi connectivity index (χ4n) is 1.52. The molecular weight excluding hydrogens is 229 g/mol. The van der Waals surface area contributed by atoms with E-state index in [1.807, 2.05) is 13.8 Å². The van der Waals surface area contributed by atoms with Gasteiger partial charge in [-0.1, -0.05) is 24.6 Å². The van der Waals surface area contributed by atoms with Crippen molar-refractivity contribution in [3.8, 4) is 0 Å². The van der Waals surface area contributed by atoms with Crippen LogP contribution in [0.1, 0.15) is 25.5 Å². The van der Waals surface area contributed by atoms with Gasteiger partial charge in [-0.3, -0.25) is 0 Å². The summed E-state index contributed by atoms with van der Waals surface area (Å²) in [5.74, 6) is -0.319. The molecule has 1 unspecified atom stereocenters. The van der Waals surface area contributed by atoms with Crippen molar-refractivity contribution in [3.63, 3.8) is 0 Å². The maximum absolute atomic E-state index is 12.9. The molecule has 1 rings (SSSR count). The molecule has 0 fully saturated rings. The van der Waals surface area contributed by atoms with Crippen molar-refractivity contribution in [2.75, 3.05) is 19.8 Å². The lowest BCUT2D eigenvalue weighted by molar-refractivity contribution is 0.123. The van der Waals surface area contributed by atoms with Crippen LogP contribution >= 0.6 is 11.6 Å². The molecule has 0 saturated carbocycles. The number of ether oxygens (including phenoxy) is 1. The van der Waals surface area contributed by atoms with E-state index in [2.05, 4.69) is 5.32 Å². The van der Waals surface area contributed by atoms with Gasteiger partial charge in [-0.15, -0.1) is 0 Å². The third-order valence-corrected chi connectivity index (χ3v) is 2.60. The normalized spacial score (nSPS) is 12.8. The Morgan fingerprint density at radius 2 is 2.19 bits per heavy atom. The van der Waals surface area contributed by atoms with E-state index < -0.39 is 0 Å². The highest BCUT2D eigenvalue weighted by atomic mass is 35.5. The van der Waals surface area contributed by atoms with Crippen LogP contribution in [-0.4, -0.2) is 19.8 Å². The average Bonchev–Trinajstić information content (AvgIpc) is 2.25. The summed E-state index contributed by atoms with van der Waals surface area (Å²) in [4.78, 5) is 0. The molecule has 0 aliphatic heterocycles. The predicted octanol–water partition coefficient (Wildman–Crippen LogP) is 3.17. The molecule has 2 nitrogen and oxygen atoms in total. The maximum atomic E-state index is 12.9. The van der Waals surface area contributed by atoms with Crippen LogP contribution < -0.4 is 5.32 Å². The summed E-state index contributed by atoms with van der Waals surface area (Å²) in [6, 6.07) is 4.45. The first-order chi connectivity index (χ1) is 7.69. The van der Waals surface area contributed by atoms with Gasteiger partial charge in [0.2, 0.25) is 0 Å². The molecule has 0 aromatic heterocycles. The van der Waals surface area contributed by atoms with Crippen molar-refractivity contribution in [1.29, 1.82) is 0 Å². The first kappa shape index (κ1) is 13.4. The van der Waals surface area contributed by atoms with Crippen LogP contribution in [0.5, 0.6) is 0 Å². The van der Waals surface area contributed by atoms with Crippen molar-refractivity contribution >= 4 is 11.6 Å². The zero-order valence-electron chi connectivity index (χ0n) is 9.59. The Morgan fingerprint density at radius 3 is 2.75 bits per heavy atom. The van der Waals surface area contributed by atoms with Gasteiger partial charge in [0.25, 0.3) is 0 Å². The molecular formula is C12H17ClFNO. The summed E-state index contributed by atoms with van der Waals surface area (Å²) in [6.07, 6.45) is 0. The SMILES string of the molecule is CCNC(COCC)c1ccc(F)cc1Cl. The second-order valence-electron chi connectivity index (χ2n) is 3.44. The molecule has 0 aliphatic carbocycles. The fraction of sp³-hybridized carbons (Fsp3) is 0.500. The van der Waals surface area contributed by atoms with E-state index in [0.717, 1.165) is 12.1 Å². The molecule has 0 heterocycles. The smallest absolute Gasteiger partial charge is 0.124 e. The summed E-state index contributed by atoms with van der Waals surface area (Å²) in [5, 5.41) is 3.70. The summed E-state index contributed by atoms with van der Waals surface area (Å²) >= 11 is 6.00. The van der Waals surface area contributed by atoms with Gasteiger partial charge in [-0.2, -0.15) is 0 Å². The van der Waals surface area contributed by atoms with Crippen molar-refractivity contribution < 1.29 is 9.13 Å². The molecule has 0 radical (unpaired) electrons. The Balaban J connectivity index is 2.82. The molecule has 0 amide bonds. The molecule has 0 bridgehead atoms. The molecule has 1 aromatic rings. The number of benzene rings is 1. The number of rotatable bonds is 6. The molecule has 4 heteroatoms. The lowest BCUT2D eigenvalue weighted by Gasteiger charge is -2.19. The van der Waals surface area contributed by atoms with Gasteiger partial charge in [-0.25, -0.2) is 4.39 Å². The molecule has 16 heavy (non-hydrogen) atoms. The van der Waals surface area contributed by atoms with Gasteiger partial charge in [-0.05, 0) is 31.2 Å². The van der Waals surface area contributed by atoms with Gasteiger partial charge in [0.15, 0.2) is 0 Å². The Morgan fingerprint density at radius 1 is 1.44 bits per heavy atom. The average molecular weight is 246 g/mol. The largest absolute Gasteiger partial charge is 0.380 e. The molecule has 0 aliphatic rings. The van der Waals surface area contributed by atoms with Gasteiger partial charge in [0.1, 0.15) is 5.82 Å². The highest BCUT2D eigenvalue weighted by Gasteiger charge is 2.14. The van der Waals surface area contributed by atoms with Crippen LogP contribution in [0.3, 0.4) is 0 Å². The fourth-order valence-corrected chi connectivity index (χ4v) is 1.82. The molecule has 90 valence electrons. The summed E-state index contributed by atoms with van der Waals surface area (Å²) in [6.45, 7) is 5.95. The van der Waals surface area contributed by atoms with Crippen LogP contribution in [-0.2, 0) is 4.74 Å². The van der Waals surface area contributed by atoms with E-state index in [9.17, 15) is 4.39 Å². The van der Waals surface area contributed by atoms with E-state index >= 15 is 0 Å². The highest BCUT2D eigenvalue weighted by Crippen LogP contribution is 2.24. The van der Waals surface area contributed by atoms with Gasteiger partial charge in [0, 0.05) is 11.6 Å². The molecule has 1 aromatic carbocycles. The minimum absolute atomic E-state index is 0.0121. The zero-order valence-corrected chi connectivity index (χ0v) is 10.4. The molecule has 1 atom stereocenters. The third kappa shape index (κ3) is 3.74. The van der Waals surface area contributed by atoms with E-state index in [-0.39, 0.29) is 11.9 Å². The van der Waals surface area contributed by atoms with Crippen molar-refractivity contribution in [2.24, 2.45) is 0 Å². The monoisotopic (exact) mass is 245 g/mol. The summed E-state index contributed by atoms with van der Waals surface area (Å²) in [5.41, 5.74) is 0.873. The lowest BCUT2D eigenvalue weighted by atomic mass is 10.1. The van der Waals surface area contributed by atoms with Crippen LogP contribution in [0, 0.1) is 5.82 Å². The second kappa shape index (κ2) is 6.84. The number of hydrogen-bond donors (Lipinski definition) is 1. The number of nitrogens with one attached hydrogen (secondary N) is 1. The summed E-state index contributed by atoms with van der Waals surface area (Å²) < 4.78 is 18.3. The summed E-state index contributed by atoms with van der Waals surface area (Å²) in [7, 11) is 0. The molecule has 0 spiro atoms. The van der Waals surface area contributed by atoms with E-state index in [1.165, 1.54) is 12.1 Å². The minimum atomic E-state index is -0.319. The van der Waals surface area contributed by atoms with Crippen LogP contribution in [0.4, 0.5) is 4.39 Å². The molecule has 1 N–H and O–H groups in total. The van der Waals surface area contributed by atoms with Crippen LogP contribution in [0.25, 0.3) is 0 Å². The Labute approximate surface area is 101 Å². The number of hydrogen-bond acceptors (Lipinski definition) is 2. The zero-order chi connectivity index (χ0) is 12.0. The van der Waals surface area contributed by atoms with Crippen LogP contribution in [0.15, 0.2) is 18.2 Å². The Bertz CT molecular complexity index is 333. The first-order valence-corrected chi connectivity index (χ1v) is 5.82. The Kier molecular flexibility index (Phi) is 5.74. The topological polar surface area (TPSA) is 21.3 Å². The number of halogens is 2. The minimum Gasteiger partial charge on any atom is -0.380 e. The maximum Gasteiger partial charge on any atom is 0.124 e. The van der Waals surface area contributed by atoms with E-state index in [1.54, 1.807) is 6.07 Å². The quantitative estimate of drug-likeness (QED) is 0.831. The first-order valence-electron chi connectivity index (χ1n) is 5.45. The molecule has 0 saturated heterocycles. The van der Waals surface area contributed by atoms with Gasteiger partial charge in [0.05, 0.1) is 12.6 Å². The van der Waals surface area contributed by atoms with E-state index in [0.29, 0.717) is 18.2 Å². The van der Waals surface area contributed by atoms with Crippen LogP contribution in [0.2, 0.25) is 5.02 Å². The lowest BCUT2D eigenvalue weighted by Crippen LogP contribution is -2.25. The van der Waals surface area contributed by atoms with Crippen molar-refractivity contribution in [3.05, 3.63) is 34.6 Å². The van der Waals surface area contributed by atoms with E-state index in [4.69, 9.17) is 16.3 Å². The third-order valence-electron chi connectivity index (χ3n) is 2.28. The van der Waals surface area contributed by atoms with Crippen molar-refractivity contribution in [2.45, 2.75) is 19.9 Å². The Hall–Kier alpha value is -0.640. The van der Waals surface area contributed by atoms with Gasteiger partial charge >= 0.3 is 0 Å². The van der Waals surface area contributed by atoms with Crippen molar-refractivity contribution in [1.82, 2.24) is 5.32 Å².